The maximum absolute atomic E-state index is 13.2. The lowest BCUT2D eigenvalue weighted by molar-refractivity contribution is -0.139. The number of aromatic nitrogens is 1. The molecule has 5 heteroatoms. The lowest BCUT2D eigenvalue weighted by Gasteiger charge is -2.38. The fraction of sp³-hybridized carbons (Fsp3) is 0.438. The van der Waals surface area contributed by atoms with E-state index in [1.54, 1.807) is 0 Å². The number of hydrogen-bond donors (Lipinski definition) is 0. The molecule has 0 atom stereocenters. The molecule has 0 unspecified atom stereocenters. The maximum atomic E-state index is 13.2. The molecule has 0 radical (unpaired) electrons. The van der Waals surface area contributed by atoms with Crippen molar-refractivity contribution >= 4 is 5.91 Å². The highest BCUT2D eigenvalue weighted by molar-refractivity contribution is 5.79. The summed E-state index contributed by atoms with van der Waals surface area (Å²) in [6.07, 6.45) is 6.70. The molecule has 3 heterocycles. The van der Waals surface area contributed by atoms with E-state index in [1.807, 2.05) is 26.2 Å². The van der Waals surface area contributed by atoms with E-state index in [4.69, 9.17) is 0 Å². The summed E-state index contributed by atoms with van der Waals surface area (Å²) >= 11 is 0. The molecule has 194 valence electrons. The summed E-state index contributed by atoms with van der Waals surface area (Å²) in [5, 5.41) is 0. The maximum Gasteiger partial charge on any atom is 0.225 e. The smallest absolute Gasteiger partial charge is 0.225 e. The topological polar surface area (TPSA) is 39.7 Å². The molecule has 3 aliphatic rings. The van der Waals surface area contributed by atoms with E-state index in [0.29, 0.717) is 5.91 Å². The largest absolute Gasteiger partial charge is 0.340 e. The number of nitrogens with zero attached hydrogens (tertiary/aromatic N) is 4. The average molecular weight is 497 g/mol. The van der Waals surface area contributed by atoms with E-state index in [0.717, 1.165) is 71.6 Å². The van der Waals surface area contributed by atoms with Crippen LogP contribution in [0, 0.1) is 5.92 Å². The third-order valence-electron chi connectivity index (χ3n) is 8.04. The highest BCUT2D eigenvalue weighted by atomic mass is 16.2. The molecule has 3 aromatic rings. The molecule has 6 rings (SSSR count). The number of benzene rings is 2. The summed E-state index contributed by atoms with van der Waals surface area (Å²) in [6, 6.07) is 19.9. The van der Waals surface area contributed by atoms with Gasteiger partial charge in [-0.2, -0.15) is 0 Å². The van der Waals surface area contributed by atoms with Crippen LogP contribution in [0.5, 0.6) is 0 Å². The molecule has 0 spiro atoms. The molecule has 0 bridgehead atoms. The summed E-state index contributed by atoms with van der Waals surface area (Å²) in [5.74, 6) is 0.567. The minimum Gasteiger partial charge on any atom is -0.340 e. The zero-order valence-electron chi connectivity index (χ0n) is 22.4. The van der Waals surface area contributed by atoms with Crippen molar-refractivity contribution in [2.75, 3.05) is 39.3 Å². The molecule has 1 aliphatic carbocycles. The first-order chi connectivity index (χ1) is 18.2. The van der Waals surface area contributed by atoms with Crippen molar-refractivity contribution in [3.63, 3.8) is 0 Å². The molecule has 0 N–H and O–H groups in total. The SMILES string of the molecule is CC.O=C(C1CCN(Cc2ccncc2)CC1)N1CCN(Cc2ccc3c(c2)Cc2ccccc2-3)CC1. The zero-order chi connectivity index (χ0) is 25.6. The van der Waals surface area contributed by atoms with E-state index >= 15 is 0 Å². The number of likely N-dealkylation sites (tertiary alicyclic amines) is 1. The van der Waals surface area contributed by atoms with Crippen LogP contribution in [0.4, 0.5) is 0 Å². The number of hydrogen-bond acceptors (Lipinski definition) is 4. The van der Waals surface area contributed by atoms with Crippen LogP contribution in [-0.4, -0.2) is 64.9 Å². The van der Waals surface area contributed by atoms with Crippen LogP contribution in [0.15, 0.2) is 67.0 Å². The highest BCUT2D eigenvalue weighted by Crippen LogP contribution is 2.36. The van der Waals surface area contributed by atoms with E-state index in [2.05, 4.69) is 74.3 Å². The van der Waals surface area contributed by atoms with Gasteiger partial charge in [0, 0.05) is 57.6 Å². The monoisotopic (exact) mass is 496 g/mol. The van der Waals surface area contributed by atoms with Gasteiger partial charge in [-0.3, -0.25) is 19.6 Å². The molecule has 2 aromatic carbocycles. The van der Waals surface area contributed by atoms with Crippen molar-refractivity contribution in [3.8, 4) is 11.1 Å². The van der Waals surface area contributed by atoms with Crippen LogP contribution in [0.3, 0.4) is 0 Å². The summed E-state index contributed by atoms with van der Waals surface area (Å²) in [4.78, 5) is 24.4. The van der Waals surface area contributed by atoms with Gasteiger partial charge < -0.3 is 4.90 Å². The van der Waals surface area contributed by atoms with Gasteiger partial charge in [0.2, 0.25) is 5.91 Å². The predicted molar refractivity (Wildman–Crippen MR) is 150 cm³/mol. The van der Waals surface area contributed by atoms with E-state index in [9.17, 15) is 4.79 Å². The lowest BCUT2D eigenvalue weighted by atomic mass is 9.94. The number of piperidine rings is 1. The number of piperazine rings is 1. The first-order valence-electron chi connectivity index (χ1n) is 14.1. The van der Waals surface area contributed by atoms with Gasteiger partial charge in [0.25, 0.3) is 0 Å². The van der Waals surface area contributed by atoms with Gasteiger partial charge in [-0.1, -0.05) is 56.3 Å². The van der Waals surface area contributed by atoms with Crippen LogP contribution in [0.1, 0.15) is 48.9 Å². The second-order valence-corrected chi connectivity index (χ2v) is 10.3. The Kier molecular flexibility index (Phi) is 8.32. The second kappa shape index (κ2) is 12.0. The highest BCUT2D eigenvalue weighted by Gasteiger charge is 2.30. The van der Waals surface area contributed by atoms with Gasteiger partial charge in [0.05, 0.1) is 0 Å². The minimum atomic E-state index is 0.189. The van der Waals surface area contributed by atoms with Gasteiger partial charge in [0.1, 0.15) is 0 Å². The molecule has 2 fully saturated rings. The van der Waals surface area contributed by atoms with Gasteiger partial charge in [0.15, 0.2) is 0 Å². The molecular formula is C32H40N4O. The van der Waals surface area contributed by atoms with Gasteiger partial charge >= 0.3 is 0 Å². The first kappa shape index (κ1) is 25.6. The van der Waals surface area contributed by atoms with Gasteiger partial charge in [-0.25, -0.2) is 0 Å². The fourth-order valence-corrected chi connectivity index (χ4v) is 6.02. The van der Waals surface area contributed by atoms with Crippen LogP contribution < -0.4 is 0 Å². The van der Waals surface area contributed by atoms with Crippen LogP contribution in [0.2, 0.25) is 0 Å². The molecule has 2 aliphatic heterocycles. The quantitative estimate of drug-likeness (QED) is 0.379. The first-order valence-corrected chi connectivity index (χ1v) is 14.1. The Balaban J connectivity index is 0.00000137. The minimum absolute atomic E-state index is 0.189. The average Bonchev–Trinajstić information content (AvgIpc) is 3.33. The van der Waals surface area contributed by atoms with E-state index in [-0.39, 0.29) is 5.92 Å². The van der Waals surface area contributed by atoms with Crippen molar-refractivity contribution in [2.24, 2.45) is 5.92 Å². The Bertz CT molecular complexity index is 1180. The molecule has 5 nitrogen and oxygen atoms in total. The zero-order valence-corrected chi connectivity index (χ0v) is 22.4. The van der Waals surface area contributed by atoms with Crippen molar-refractivity contribution in [1.29, 1.82) is 0 Å². The molecular weight excluding hydrogens is 456 g/mol. The Hall–Kier alpha value is -3.02. The van der Waals surface area contributed by atoms with Crippen molar-refractivity contribution in [3.05, 3.63) is 89.2 Å². The van der Waals surface area contributed by atoms with Crippen LogP contribution in [0.25, 0.3) is 11.1 Å². The number of fused-ring (bicyclic) bond motifs is 3. The Morgan fingerprint density at radius 2 is 1.41 bits per heavy atom. The number of pyridine rings is 1. The Labute approximate surface area is 222 Å². The number of amides is 1. The molecule has 1 aromatic heterocycles. The number of carbonyl (C=O) groups is 1. The lowest BCUT2D eigenvalue weighted by Crippen LogP contribution is -2.51. The number of carbonyl (C=O) groups excluding carboxylic acids is 1. The fourth-order valence-electron chi connectivity index (χ4n) is 6.02. The van der Waals surface area contributed by atoms with Crippen molar-refractivity contribution in [2.45, 2.75) is 46.2 Å². The van der Waals surface area contributed by atoms with E-state index in [1.165, 1.54) is 33.4 Å². The van der Waals surface area contributed by atoms with E-state index < -0.39 is 0 Å². The van der Waals surface area contributed by atoms with Crippen LogP contribution >= 0.6 is 0 Å². The van der Waals surface area contributed by atoms with Crippen LogP contribution in [-0.2, 0) is 24.3 Å². The Morgan fingerprint density at radius 3 is 2.16 bits per heavy atom. The third kappa shape index (κ3) is 5.94. The normalized spacial score (nSPS) is 18.1. The third-order valence-corrected chi connectivity index (χ3v) is 8.04. The van der Waals surface area contributed by atoms with Crippen molar-refractivity contribution in [1.82, 2.24) is 19.7 Å². The standard InChI is InChI=1S/C30H34N4O.C2H6/c35-30(25-9-13-32(14-10-25)21-23-7-11-31-12-8-23)34-17-15-33(16-18-34)22-24-5-6-29-27(19-24)20-26-3-1-2-4-28(26)29;1-2/h1-8,11-12,19,25H,9-10,13-18,20-22H2;1-2H3. The van der Waals surface area contributed by atoms with Gasteiger partial charge in [-0.05, 0) is 77.9 Å². The number of rotatable bonds is 5. The summed E-state index contributed by atoms with van der Waals surface area (Å²) in [7, 11) is 0. The molecule has 2 saturated heterocycles. The molecule has 0 saturated carbocycles. The van der Waals surface area contributed by atoms with Gasteiger partial charge in [-0.15, -0.1) is 0 Å². The molecule has 37 heavy (non-hydrogen) atoms. The summed E-state index contributed by atoms with van der Waals surface area (Å²) in [6.45, 7) is 11.6. The molecule has 1 amide bonds. The summed E-state index contributed by atoms with van der Waals surface area (Å²) in [5.41, 5.74) is 8.37. The second-order valence-electron chi connectivity index (χ2n) is 10.3. The summed E-state index contributed by atoms with van der Waals surface area (Å²) < 4.78 is 0. The predicted octanol–water partition coefficient (Wildman–Crippen LogP) is 5.24. The Morgan fingerprint density at radius 1 is 0.757 bits per heavy atom. The van der Waals surface area contributed by atoms with Crippen molar-refractivity contribution < 1.29 is 4.79 Å².